The Morgan fingerprint density at radius 2 is 1.89 bits per heavy atom. The number of ketones is 1. The molecule has 0 aromatic heterocycles. The molecule has 0 radical (unpaired) electrons. The number of rotatable bonds is 2. The van der Waals surface area contributed by atoms with Gasteiger partial charge in [-0.25, -0.2) is 0 Å². The van der Waals surface area contributed by atoms with Gasteiger partial charge in [0.1, 0.15) is 11.4 Å². The highest BCUT2D eigenvalue weighted by Crippen LogP contribution is 2.65. The second-order valence-electron chi connectivity index (χ2n) is 10.2. The fourth-order valence-corrected chi connectivity index (χ4v) is 6.91. The molecule has 1 saturated heterocycles. The van der Waals surface area contributed by atoms with Crippen LogP contribution in [0.4, 0.5) is 0 Å². The van der Waals surface area contributed by atoms with E-state index >= 15 is 0 Å². The number of Topliss-reactive ketones (excluding diaryl/α,β-unsaturated/α-hetero) is 1. The lowest BCUT2D eigenvalue weighted by Crippen LogP contribution is -2.75. The molecule has 0 spiro atoms. The Hall–Kier alpha value is -1.20. The fourth-order valence-electron chi connectivity index (χ4n) is 6.91. The summed E-state index contributed by atoms with van der Waals surface area (Å²) in [6.45, 7) is 15.2. The van der Waals surface area contributed by atoms with E-state index < -0.39 is 40.7 Å². The number of esters is 1. The standard InChI is InChI=1S/C22H34O5/c1-8-20(5)12-14(24)16-21(6)11-9-10-19(3,4)17(21)15(25)18(26-13(2)23)22(16,7)27-20/h8,15-18,25H,1,9-12H2,2-7H3/t15-,16?,17-,18-,20-,21+,22+/m0/s1. The summed E-state index contributed by atoms with van der Waals surface area (Å²) < 4.78 is 12.1. The van der Waals surface area contributed by atoms with E-state index in [2.05, 4.69) is 27.4 Å². The maximum atomic E-state index is 13.5. The van der Waals surface area contributed by atoms with E-state index in [-0.39, 0.29) is 23.5 Å². The van der Waals surface area contributed by atoms with Gasteiger partial charge in [-0.15, -0.1) is 6.58 Å². The minimum Gasteiger partial charge on any atom is -0.457 e. The van der Waals surface area contributed by atoms with Gasteiger partial charge in [0.05, 0.1) is 17.6 Å². The van der Waals surface area contributed by atoms with Crippen LogP contribution in [0.2, 0.25) is 0 Å². The van der Waals surface area contributed by atoms with Crippen LogP contribution in [0.5, 0.6) is 0 Å². The lowest BCUT2D eigenvalue weighted by molar-refractivity contribution is -0.307. The van der Waals surface area contributed by atoms with Gasteiger partial charge in [0.15, 0.2) is 6.10 Å². The van der Waals surface area contributed by atoms with Crippen molar-refractivity contribution >= 4 is 11.8 Å². The van der Waals surface area contributed by atoms with E-state index in [9.17, 15) is 14.7 Å². The second-order valence-corrected chi connectivity index (χ2v) is 10.2. The summed E-state index contributed by atoms with van der Waals surface area (Å²) in [6, 6.07) is 0. The van der Waals surface area contributed by atoms with Gasteiger partial charge in [-0.3, -0.25) is 9.59 Å². The lowest BCUT2D eigenvalue weighted by Gasteiger charge is -2.67. The molecule has 2 saturated carbocycles. The molecule has 0 aromatic carbocycles. The second kappa shape index (κ2) is 6.15. The van der Waals surface area contributed by atoms with Crippen molar-refractivity contribution in [3.63, 3.8) is 0 Å². The number of carbonyl (C=O) groups excluding carboxylic acids is 2. The molecular weight excluding hydrogens is 344 g/mol. The molecule has 1 unspecified atom stereocenters. The molecule has 5 nitrogen and oxygen atoms in total. The first-order valence-electron chi connectivity index (χ1n) is 10.0. The van der Waals surface area contributed by atoms with Crippen molar-refractivity contribution in [3.05, 3.63) is 12.7 Å². The third-order valence-electron chi connectivity index (χ3n) is 7.56. The Labute approximate surface area is 162 Å². The van der Waals surface area contributed by atoms with E-state index in [4.69, 9.17) is 9.47 Å². The summed E-state index contributed by atoms with van der Waals surface area (Å²) >= 11 is 0. The van der Waals surface area contributed by atoms with E-state index in [1.54, 1.807) is 6.08 Å². The van der Waals surface area contributed by atoms with Crippen molar-refractivity contribution in [1.29, 1.82) is 0 Å². The number of aliphatic hydroxyl groups excluding tert-OH is 1. The van der Waals surface area contributed by atoms with E-state index in [0.29, 0.717) is 0 Å². The van der Waals surface area contributed by atoms with Gasteiger partial charge in [0.2, 0.25) is 0 Å². The van der Waals surface area contributed by atoms with Crippen molar-refractivity contribution < 1.29 is 24.2 Å². The maximum absolute atomic E-state index is 13.5. The van der Waals surface area contributed by atoms with Gasteiger partial charge in [-0.2, -0.15) is 0 Å². The minimum atomic E-state index is -1.10. The molecule has 27 heavy (non-hydrogen) atoms. The zero-order chi connectivity index (χ0) is 20.4. The molecule has 3 aliphatic rings. The summed E-state index contributed by atoms with van der Waals surface area (Å²) in [4.78, 5) is 25.4. The highest BCUT2D eigenvalue weighted by Gasteiger charge is 2.71. The molecule has 0 aromatic rings. The lowest BCUT2D eigenvalue weighted by atomic mass is 9.42. The van der Waals surface area contributed by atoms with Gasteiger partial charge in [0, 0.05) is 13.3 Å². The third kappa shape index (κ3) is 2.89. The van der Waals surface area contributed by atoms with Gasteiger partial charge in [0.25, 0.3) is 0 Å². The van der Waals surface area contributed by atoms with Crippen LogP contribution in [0, 0.1) is 22.7 Å². The SMILES string of the molecule is C=C[C@@]1(C)CC(=O)C2[C@@]3(C)CCCC(C)(C)[C@@H]3[C@H](O)[C@H](OC(C)=O)[C@]2(C)O1. The topological polar surface area (TPSA) is 72.8 Å². The van der Waals surface area contributed by atoms with E-state index in [1.807, 2.05) is 13.8 Å². The number of ether oxygens (including phenoxy) is 2. The highest BCUT2D eigenvalue weighted by atomic mass is 16.6. The molecule has 1 N–H and O–H groups in total. The number of aliphatic hydroxyl groups is 1. The summed E-state index contributed by atoms with van der Waals surface area (Å²) in [5.41, 5.74) is -2.51. The largest absolute Gasteiger partial charge is 0.457 e. The van der Waals surface area contributed by atoms with Crippen LogP contribution in [0.15, 0.2) is 12.7 Å². The van der Waals surface area contributed by atoms with Crippen molar-refractivity contribution in [2.75, 3.05) is 0 Å². The minimum absolute atomic E-state index is 0.111. The monoisotopic (exact) mass is 378 g/mol. The summed E-state index contributed by atoms with van der Waals surface area (Å²) in [6.07, 6.45) is 2.94. The van der Waals surface area contributed by atoms with Crippen molar-refractivity contribution in [3.8, 4) is 0 Å². The molecule has 1 aliphatic heterocycles. The molecule has 3 fully saturated rings. The quantitative estimate of drug-likeness (QED) is 0.589. The van der Waals surface area contributed by atoms with Crippen LogP contribution < -0.4 is 0 Å². The maximum Gasteiger partial charge on any atom is 0.303 e. The molecule has 0 amide bonds. The van der Waals surface area contributed by atoms with Crippen molar-refractivity contribution in [2.24, 2.45) is 22.7 Å². The Bertz CT molecular complexity index is 670. The summed E-state index contributed by atoms with van der Waals surface area (Å²) in [5, 5.41) is 11.5. The summed E-state index contributed by atoms with van der Waals surface area (Å²) in [5.74, 6) is -0.948. The predicted molar refractivity (Wildman–Crippen MR) is 102 cm³/mol. The fraction of sp³-hybridized carbons (Fsp3) is 0.818. The zero-order valence-electron chi connectivity index (χ0n) is 17.5. The number of fused-ring (bicyclic) bond motifs is 3. The van der Waals surface area contributed by atoms with Gasteiger partial charge < -0.3 is 14.6 Å². The smallest absolute Gasteiger partial charge is 0.303 e. The first-order chi connectivity index (χ1) is 12.3. The normalized spacial score (nSPS) is 48.9. The van der Waals surface area contributed by atoms with E-state index in [0.717, 1.165) is 19.3 Å². The molecule has 152 valence electrons. The summed E-state index contributed by atoms with van der Waals surface area (Å²) in [7, 11) is 0. The van der Waals surface area contributed by atoms with Crippen molar-refractivity contribution in [1.82, 2.24) is 0 Å². The molecule has 0 bridgehead atoms. The Morgan fingerprint density at radius 1 is 1.26 bits per heavy atom. The molecule has 7 atom stereocenters. The molecule has 1 heterocycles. The van der Waals surface area contributed by atoms with Crippen LogP contribution in [0.3, 0.4) is 0 Å². The first kappa shape index (κ1) is 20.5. The molecule has 5 heteroatoms. The third-order valence-corrected chi connectivity index (χ3v) is 7.56. The van der Waals surface area contributed by atoms with Crippen LogP contribution >= 0.6 is 0 Å². The van der Waals surface area contributed by atoms with Gasteiger partial charge >= 0.3 is 5.97 Å². The van der Waals surface area contributed by atoms with Gasteiger partial charge in [-0.05, 0) is 43.4 Å². The first-order valence-corrected chi connectivity index (χ1v) is 10.0. The molecule has 3 rings (SSSR count). The molecular formula is C22H34O5. The molecule has 2 aliphatic carbocycles. The predicted octanol–water partition coefficient (Wildman–Crippen LogP) is 3.43. The van der Waals surface area contributed by atoms with Crippen LogP contribution in [0.1, 0.15) is 67.2 Å². The Kier molecular flexibility index (Phi) is 4.68. The number of carbonyl (C=O) groups is 2. The van der Waals surface area contributed by atoms with Crippen LogP contribution in [-0.2, 0) is 19.1 Å². The average molecular weight is 379 g/mol. The average Bonchev–Trinajstić information content (AvgIpc) is 2.49. The van der Waals surface area contributed by atoms with Crippen LogP contribution in [0.25, 0.3) is 0 Å². The van der Waals surface area contributed by atoms with E-state index in [1.165, 1.54) is 6.92 Å². The number of hydrogen-bond donors (Lipinski definition) is 1. The number of hydrogen-bond acceptors (Lipinski definition) is 5. The van der Waals surface area contributed by atoms with Crippen LogP contribution in [-0.4, -0.2) is 40.3 Å². The van der Waals surface area contributed by atoms with Crippen molar-refractivity contribution in [2.45, 2.75) is 90.6 Å². The highest BCUT2D eigenvalue weighted by molar-refractivity contribution is 5.86. The Morgan fingerprint density at radius 3 is 2.44 bits per heavy atom. The zero-order valence-corrected chi connectivity index (χ0v) is 17.5. The van der Waals surface area contributed by atoms with Gasteiger partial charge in [-0.1, -0.05) is 33.3 Å². The Balaban J connectivity index is 2.20.